The summed E-state index contributed by atoms with van der Waals surface area (Å²) in [4.78, 5) is 0. The van der Waals surface area contributed by atoms with E-state index < -0.39 is 0 Å². The summed E-state index contributed by atoms with van der Waals surface area (Å²) in [5, 5.41) is 0. The van der Waals surface area contributed by atoms with Crippen LogP contribution in [0.3, 0.4) is 0 Å². The third kappa shape index (κ3) is 3.13. The molecule has 2 heteroatoms. The Labute approximate surface area is 86.1 Å². The molecule has 1 rings (SSSR count). The van der Waals surface area contributed by atoms with Gasteiger partial charge in [-0.1, -0.05) is 29.8 Å². The van der Waals surface area contributed by atoms with Crippen molar-refractivity contribution in [3.05, 3.63) is 35.4 Å². The molecule has 0 aromatic heterocycles. The topological polar surface area (TPSA) is 35.2 Å². The second-order valence-electron chi connectivity index (χ2n) is 3.57. The zero-order valence-corrected chi connectivity index (χ0v) is 8.99. The van der Waals surface area contributed by atoms with Gasteiger partial charge in [0.2, 0.25) is 0 Å². The van der Waals surface area contributed by atoms with Gasteiger partial charge < -0.3 is 10.5 Å². The smallest absolute Gasteiger partial charge is 0.0821 e. The van der Waals surface area contributed by atoms with Gasteiger partial charge in [0.1, 0.15) is 0 Å². The summed E-state index contributed by atoms with van der Waals surface area (Å²) >= 11 is 0. The summed E-state index contributed by atoms with van der Waals surface area (Å²) in [5.74, 6) is 0. The Morgan fingerprint density at radius 1 is 1.29 bits per heavy atom. The lowest BCUT2D eigenvalue weighted by Gasteiger charge is -2.15. The quantitative estimate of drug-likeness (QED) is 0.779. The van der Waals surface area contributed by atoms with Crippen molar-refractivity contribution < 1.29 is 4.74 Å². The van der Waals surface area contributed by atoms with E-state index in [9.17, 15) is 0 Å². The molecule has 0 amide bonds. The third-order valence-electron chi connectivity index (χ3n) is 2.40. The molecular formula is C12H19NO. The van der Waals surface area contributed by atoms with Crippen molar-refractivity contribution >= 4 is 0 Å². The molecule has 1 atom stereocenters. The highest BCUT2D eigenvalue weighted by atomic mass is 16.5. The second-order valence-corrected chi connectivity index (χ2v) is 3.57. The predicted octanol–water partition coefficient (Wildman–Crippen LogP) is 2.42. The van der Waals surface area contributed by atoms with Crippen LogP contribution in [0.4, 0.5) is 0 Å². The van der Waals surface area contributed by atoms with Gasteiger partial charge in [-0.2, -0.15) is 0 Å². The Hall–Kier alpha value is -0.860. The summed E-state index contributed by atoms with van der Waals surface area (Å²) in [6.45, 7) is 2.82. The Morgan fingerprint density at radius 2 is 1.93 bits per heavy atom. The van der Waals surface area contributed by atoms with Crippen LogP contribution in [-0.4, -0.2) is 13.7 Å². The molecule has 0 bridgehead atoms. The Morgan fingerprint density at radius 3 is 2.43 bits per heavy atom. The van der Waals surface area contributed by atoms with E-state index in [1.54, 1.807) is 7.11 Å². The molecule has 0 aliphatic heterocycles. The van der Waals surface area contributed by atoms with Crippen LogP contribution >= 0.6 is 0 Å². The van der Waals surface area contributed by atoms with E-state index in [1.165, 1.54) is 11.1 Å². The molecule has 0 saturated carbocycles. The molecule has 1 unspecified atom stereocenters. The minimum atomic E-state index is 0.194. The monoisotopic (exact) mass is 193 g/mol. The highest BCUT2D eigenvalue weighted by Crippen LogP contribution is 2.21. The third-order valence-corrected chi connectivity index (χ3v) is 2.40. The molecule has 14 heavy (non-hydrogen) atoms. The van der Waals surface area contributed by atoms with Crippen LogP contribution in [0.25, 0.3) is 0 Å². The minimum Gasteiger partial charge on any atom is -0.377 e. The lowest BCUT2D eigenvalue weighted by Crippen LogP contribution is -2.06. The van der Waals surface area contributed by atoms with Gasteiger partial charge in [0.15, 0.2) is 0 Å². The van der Waals surface area contributed by atoms with Crippen molar-refractivity contribution in [2.75, 3.05) is 13.7 Å². The maximum atomic E-state index is 5.48. The normalized spacial score (nSPS) is 12.8. The van der Waals surface area contributed by atoms with E-state index in [-0.39, 0.29) is 6.10 Å². The standard InChI is InChI=1S/C12H19NO/c1-10-5-7-11(8-6-10)12(14-2)4-3-9-13/h5-8,12H,3-4,9,13H2,1-2H3. The first-order valence-corrected chi connectivity index (χ1v) is 5.07. The molecule has 2 N–H and O–H groups in total. The van der Waals surface area contributed by atoms with Crippen molar-refractivity contribution in [3.63, 3.8) is 0 Å². The number of rotatable bonds is 5. The lowest BCUT2D eigenvalue weighted by molar-refractivity contribution is 0.0944. The number of nitrogens with two attached hydrogens (primary N) is 1. The van der Waals surface area contributed by atoms with Crippen LogP contribution in [0, 0.1) is 6.92 Å². The van der Waals surface area contributed by atoms with Gasteiger partial charge in [0.25, 0.3) is 0 Å². The Kier molecular flexibility index (Phi) is 4.63. The number of ether oxygens (including phenoxy) is 1. The largest absolute Gasteiger partial charge is 0.377 e. The predicted molar refractivity (Wildman–Crippen MR) is 59.2 cm³/mol. The van der Waals surface area contributed by atoms with Crippen molar-refractivity contribution in [1.29, 1.82) is 0 Å². The molecule has 0 radical (unpaired) electrons. The molecule has 1 aromatic carbocycles. The van der Waals surface area contributed by atoms with Gasteiger partial charge in [-0.15, -0.1) is 0 Å². The van der Waals surface area contributed by atoms with E-state index >= 15 is 0 Å². The zero-order chi connectivity index (χ0) is 10.4. The first-order chi connectivity index (χ1) is 6.77. The van der Waals surface area contributed by atoms with Gasteiger partial charge in [0, 0.05) is 7.11 Å². The molecule has 78 valence electrons. The fourth-order valence-corrected chi connectivity index (χ4v) is 1.50. The van der Waals surface area contributed by atoms with Gasteiger partial charge in [-0.3, -0.25) is 0 Å². The number of hydrogen-bond donors (Lipinski definition) is 1. The Bertz CT molecular complexity index is 256. The zero-order valence-electron chi connectivity index (χ0n) is 8.99. The molecule has 0 heterocycles. The van der Waals surface area contributed by atoms with Crippen LogP contribution in [0.15, 0.2) is 24.3 Å². The molecule has 1 aromatic rings. The van der Waals surface area contributed by atoms with Crippen LogP contribution in [0.5, 0.6) is 0 Å². The van der Waals surface area contributed by atoms with Crippen LogP contribution < -0.4 is 5.73 Å². The summed E-state index contributed by atoms with van der Waals surface area (Å²) in [6, 6.07) is 8.48. The lowest BCUT2D eigenvalue weighted by atomic mass is 10.0. The number of hydrogen-bond acceptors (Lipinski definition) is 2. The summed E-state index contributed by atoms with van der Waals surface area (Å²) < 4.78 is 5.42. The second kappa shape index (κ2) is 5.78. The summed E-state index contributed by atoms with van der Waals surface area (Å²) in [6.07, 6.45) is 2.20. The van der Waals surface area contributed by atoms with E-state index in [0.29, 0.717) is 0 Å². The number of aryl methyl sites for hydroxylation is 1. The summed E-state index contributed by atoms with van der Waals surface area (Å²) in [5.41, 5.74) is 8.00. The maximum Gasteiger partial charge on any atom is 0.0821 e. The van der Waals surface area contributed by atoms with Gasteiger partial charge in [0.05, 0.1) is 6.10 Å². The summed E-state index contributed by atoms with van der Waals surface area (Å²) in [7, 11) is 1.75. The Balaban J connectivity index is 2.64. The molecule has 0 spiro atoms. The van der Waals surface area contributed by atoms with E-state index in [0.717, 1.165) is 19.4 Å². The van der Waals surface area contributed by atoms with Gasteiger partial charge in [-0.05, 0) is 31.9 Å². The van der Waals surface area contributed by atoms with E-state index in [4.69, 9.17) is 10.5 Å². The van der Waals surface area contributed by atoms with Crippen molar-refractivity contribution in [2.45, 2.75) is 25.9 Å². The molecular weight excluding hydrogens is 174 g/mol. The first kappa shape index (κ1) is 11.2. The van der Waals surface area contributed by atoms with Crippen LogP contribution in [0.1, 0.15) is 30.1 Å². The highest BCUT2D eigenvalue weighted by Gasteiger charge is 2.08. The number of benzene rings is 1. The van der Waals surface area contributed by atoms with Crippen molar-refractivity contribution in [2.24, 2.45) is 5.73 Å². The van der Waals surface area contributed by atoms with E-state index in [1.807, 2.05) is 0 Å². The molecule has 0 fully saturated rings. The minimum absolute atomic E-state index is 0.194. The van der Waals surface area contributed by atoms with Gasteiger partial charge in [-0.25, -0.2) is 0 Å². The average molecular weight is 193 g/mol. The first-order valence-electron chi connectivity index (χ1n) is 5.07. The number of methoxy groups -OCH3 is 1. The fourth-order valence-electron chi connectivity index (χ4n) is 1.50. The molecule has 2 nitrogen and oxygen atoms in total. The average Bonchev–Trinajstić information content (AvgIpc) is 2.21. The van der Waals surface area contributed by atoms with Crippen molar-refractivity contribution in [3.8, 4) is 0 Å². The van der Waals surface area contributed by atoms with Gasteiger partial charge >= 0.3 is 0 Å². The van der Waals surface area contributed by atoms with Crippen molar-refractivity contribution in [1.82, 2.24) is 0 Å². The van der Waals surface area contributed by atoms with E-state index in [2.05, 4.69) is 31.2 Å². The molecule has 0 saturated heterocycles. The molecule has 0 aliphatic carbocycles. The fraction of sp³-hybridized carbons (Fsp3) is 0.500. The highest BCUT2D eigenvalue weighted by molar-refractivity contribution is 5.23. The van der Waals surface area contributed by atoms with Crippen LogP contribution in [-0.2, 0) is 4.74 Å². The molecule has 0 aliphatic rings. The van der Waals surface area contributed by atoms with Crippen LogP contribution in [0.2, 0.25) is 0 Å². The maximum absolute atomic E-state index is 5.48. The SMILES string of the molecule is COC(CCCN)c1ccc(C)cc1.